The number of hydrogen-bond donors (Lipinski definition) is 3. The Hall–Kier alpha value is -1.88. The van der Waals surface area contributed by atoms with Crippen LogP contribution in [0.2, 0.25) is 0 Å². The van der Waals surface area contributed by atoms with Crippen LogP contribution in [0.4, 0.5) is 5.69 Å². The summed E-state index contributed by atoms with van der Waals surface area (Å²) in [5.74, 6) is 1.38. The number of carbonyl (C=O) groups is 2. The summed E-state index contributed by atoms with van der Waals surface area (Å²) in [5, 5.41) is 9.52. The highest BCUT2D eigenvalue weighted by Gasteiger charge is 2.22. The topological polar surface area (TPSA) is 70.2 Å². The summed E-state index contributed by atoms with van der Waals surface area (Å²) in [7, 11) is 0. The van der Waals surface area contributed by atoms with Gasteiger partial charge in [-0.2, -0.15) is 0 Å². The molecule has 1 heterocycles. The molecule has 2 amide bonds. The number of rotatable bonds is 7. The minimum absolute atomic E-state index is 0.106. The van der Waals surface area contributed by atoms with Gasteiger partial charge in [-0.15, -0.1) is 0 Å². The number of hydrogen-bond acceptors (Lipinski definition) is 3. The zero-order valence-corrected chi connectivity index (χ0v) is 17.1. The van der Waals surface area contributed by atoms with Crippen molar-refractivity contribution in [2.24, 2.45) is 17.8 Å². The smallest absolute Gasteiger partial charge is 0.227 e. The Bertz CT molecular complexity index is 649. The molecule has 0 bridgehead atoms. The summed E-state index contributed by atoms with van der Waals surface area (Å²) in [6, 6.07) is 7.82. The number of piperidine rings is 1. The molecule has 0 aromatic heterocycles. The van der Waals surface area contributed by atoms with Gasteiger partial charge in [0.05, 0.1) is 0 Å². The van der Waals surface area contributed by atoms with E-state index in [0.717, 1.165) is 50.0 Å². The molecule has 1 aromatic rings. The molecule has 5 nitrogen and oxygen atoms in total. The first kappa shape index (κ1) is 20.8. The van der Waals surface area contributed by atoms with Crippen molar-refractivity contribution >= 4 is 17.5 Å². The average Bonchev–Trinajstić information content (AvgIpc) is 2.74. The molecular weight excluding hydrogens is 350 g/mol. The van der Waals surface area contributed by atoms with Crippen molar-refractivity contribution in [3.8, 4) is 0 Å². The van der Waals surface area contributed by atoms with Gasteiger partial charge in [-0.05, 0) is 68.3 Å². The van der Waals surface area contributed by atoms with Crippen LogP contribution >= 0.6 is 0 Å². The normalized spacial score (nSPS) is 21.7. The molecule has 2 atom stereocenters. The van der Waals surface area contributed by atoms with Gasteiger partial charge < -0.3 is 16.0 Å². The van der Waals surface area contributed by atoms with Crippen LogP contribution < -0.4 is 16.0 Å². The van der Waals surface area contributed by atoms with Gasteiger partial charge in [0.15, 0.2) is 0 Å². The first-order chi connectivity index (χ1) is 13.6. The van der Waals surface area contributed by atoms with E-state index in [4.69, 9.17) is 0 Å². The third-order valence-electron chi connectivity index (χ3n) is 6.31. The molecule has 28 heavy (non-hydrogen) atoms. The second-order valence-electron chi connectivity index (χ2n) is 8.59. The summed E-state index contributed by atoms with van der Waals surface area (Å²) in [5.41, 5.74) is 1.84. The Morgan fingerprint density at radius 3 is 2.71 bits per heavy atom. The van der Waals surface area contributed by atoms with Crippen molar-refractivity contribution < 1.29 is 9.59 Å². The molecule has 2 fully saturated rings. The summed E-state index contributed by atoms with van der Waals surface area (Å²) < 4.78 is 0. The molecule has 1 saturated carbocycles. The van der Waals surface area contributed by atoms with Crippen LogP contribution in [-0.4, -0.2) is 24.9 Å². The summed E-state index contributed by atoms with van der Waals surface area (Å²) in [4.78, 5) is 24.8. The van der Waals surface area contributed by atoms with Crippen LogP contribution in [0.3, 0.4) is 0 Å². The predicted molar refractivity (Wildman–Crippen MR) is 113 cm³/mol. The molecule has 1 aromatic carbocycles. The highest BCUT2D eigenvalue weighted by atomic mass is 16.2. The molecule has 1 aliphatic heterocycles. The van der Waals surface area contributed by atoms with E-state index in [-0.39, 0.29) is 17.7 Å². The van der Waals surface area contributed by atoms with E-state index in [1.54, 1.807) is 0 Å². The summed E-state index contributed by atoms with van der Waals surface area (Å²) in [6.07, 6.45) is 8.53. The van der Waals surface area contributed by atoms with Gasteiger partial charge in [0, 0.05) is 24.6 Å². The molecule has 2 aliphatic rings. The lowest BCUT2D eigenvalue weighted by molar-refractivity contribution is -0.122. The van der Waals surface area contributed by atoms with Gasteiger partial charge in [0.2, 0.25) is 11.8 Å². The lowest BCUT2D eigenvalue weighted by atomic mass is 9.85. The molecule has 5 heteroatoms. The van der Waals surface area contributed by atoms with Crippen molar-refractivity contribution in [2.45, 2.75) is 64.8 Å². The van der Waals surface area contributed by atoms with Crippen molar-refractivity contribution in [1.29, 1.82) is 0 Å². The van der Waals surface area contributed by atoms with Crippen LogP contribution in [0.1, 0.15) is 63.9 Å². The monoisotopic (exact) mass is 385 g/mol. The van der Waals surface area contributed by atoms with Crippen LogP contribution in [0, 0.1) is 17.8 Å². The van der Waals surface area contributed by atoms with Crippen LogP contribution in [0.5, 0.6) is 0 Å². The highest BCUT2D eigenvalue weighted by Crippen LogP contribution is 2.25. The highest BCUT2D eigenvalue weighted by molar-refractivity contribution is 5.92. The molecule has 0 radical (unpaired) electrons. The lowest BCUT2D eigenvalue weighted by Crippen LogP contribution is -2.35. The van der Waals surface area contributed by atoms with Crippen LogP contribution in [0.25, 0.3) is 0 Å². The van der Waals surface area contributed by atoms with Crippen LogP contribution in [-0.2, 0) is 16.1 Å². The minimum atomic E-state index is 0.106. The third-order valence-corrected chi connectivity index (χ3v) is 6.31. The zero-order valence-electron chi connectivity index (χ0n) is 17.1. The standard InChI is InChI=1S/C23H35N3O2/c1-17(20-10-6-12-24-16-20)13-22(27)25-15-18-7-5-11-21(14-18)26-23(28)19-8-3-2-4-9-19/h5,7,11,14,17,19-20,24H,2-4,6,8-10,12-13,15-16H2,1H3,(H,25,27)(H,26,28). The second kappa shape index (κ2) is 10.6. The minimum Gasteiger partial charge on any atom is -0.352 e. The quantitative estimate of drug-likeness (QED) is 0.668. The van der Waals surface area contributed by atoms with Crippen LogP contribution in [0.15, 0.2) is 24.3 Å². The maximum atomic E-state index is 12.4. The molecule has 2 unspecified atom stereocenters. The van der Waals surface area contributed by atoms with E-state index in [0.29, 0.717) is 24.8 Å². The Morgan fingerprint density at radius 1 is 1.14 bits per heavy atom. The third kappa shape index (κ3) is 6.33. The fourth-order valence-electron chi connectivity index (χ4n) is 4.46. The second-order valence-corrected chi connectivity index (χ2v) is 8.59. The Morgan fingerprint density at radius 2 is 1.96 bits per heavy atom. The fourth-order valence-corrected chi connectivity index (χ4v) is 4.46. The maximum absolute atomic E-state index is 12.4. The first-order valence-electron chi connectivity index (χ1n) is 11.0. The van der Waals surface area contributed by atoms with Gasteiger partial charge in [-0.1, -0.05) is 38.3 Å². The summed E-state index contributed by atoms with van der Waals surface area (Å²) >= 11 is 0. The van der Waals surface area contributed by atoms with E-state index in [9.17, 15) is 9.59 Å². The van der Waals surface area contributed by atoms with Gasteiger partial charge in [-0.3, -0.25) is 9.59 Å². The van der Waals surface area contributed by atoms with E-state index >= 15 is 0 Å². The van der Waals surface area contributed by atoms with Crippen molar-refractivity contribution in [1.82, 2.24) is 10.6 Å². The molecular formula is C23H35N3O2. The molecule has 3 N–H and O–H groups in total. The van der Waals surface area contributed by atoms with Gasteiger partial charge in [-0.25, -0.2) is 0 Å². The van der Waals surface area contributed by atoms with Crippen molar-refractivity contribution in [3.63, 3.8) is 0 Å². The number of amides is 2. The predicted octanol–water partition coefficient (Wildman–Crippen LogP) is 3.85. The molecule has 154 valence electrons. The summed E-state index contributed by atoms with van der Waals surface area (Å²) in [6.45, 7) is 4.81. The number of nitrogens with one attached hydrogen (secondary N) is 3. The Balaban J connectivity index is 1.44. The average molecular weight is 386 g/mol. The largest absolute Gasteiger partial charge is 0.352 e. The van der Waals surface area contributed by atoms with Crippen molar-refractivity contribution in [2.75, 3.05) is 18.4 Å². The molecule has 3 rings (SSSR count). The molecule has 0 spiro atoms. The van der Waals surface area contributed by atoms with E-state index in [1.165, 1.54) is 19.3 Å². The van der Waals surface area contributed by atoms with E-state index in [1.807, 2.05) is 24.3 Å². The fraction of sp³-hybridized carbons (Fsp3) is 0.652. The Labute approximate surface area is 169 Å². The SMILES string of the molecule is CC(CC(=O)NCc1cccc(NC(=O)C2CCCCC2)c1)C1CCCNC1. The zero-order chi connectivity index (χ0) is 19.8. The molecule has 1 saturated heterocycles. The van der Waals surface area contributed by atoms with E-state index in [2.05, 4.69) is 22.9 Å². The van der Waals surface area contributed by atoms with Gasteiger partial charge in [0.25, 0.3) is 0 Å². The van der Waals surface area contributed by atoms with Gasteiger partial charge >= 0.3 is 0 Å². The number of anilines is 1. The van der Waals surface area contributed by atoms with Gasteiger partial charge in [0.1, 0.15) is 0 Å². The maximum Gasteiger partial charge on any atom is 0.227 e. The van der Waals surface area contributed by atoms with E-state index < -0.39 is 0 Å². The molecule has 1 aliphatic carbocycles. The number of benzene rings is 1. The van der Waals surface area contributed by atoms with Crippen molar-refractivity contribution in [3.05, 3.63) is 29.8 Å². The lowest BCUT2D eigenvalue weighted by Gasteiger charge is -2.28. The first-order valence-corrected chi connectivity index (χ1v) is 11.0. The number of carbonyl (C=O) groups excluding carboxylic acids is 2. The Kier molecular flexibility index (Phi) is 7.90.